The number of rotatable bonds is 3. The van der Waals surface area contributed by atoms with E-state index in [-0.39, 0.29) is 11.9 Å². The topological polar surface area (TPSA) is 69.6 Å². The second-order valence-corrected chi connectivity index (χ2v) is 5.83. The smallest absolute Gasteiger partial charge is 0.185 e. The van der Waals surface area contributed by atoms with Crippen molar-refractivity contribution in [3.05, 3.63) is 24.0 Å². The van der Waals surface area contributed by atoms with E-state index < -0.39 is 0 Å². The van der Waals surface area contributed by atoms with Crippen LogP contribution in [-0.4, -0.2) is 20.2 Å². The van der Waals surface area contributed by atoms with E-state index in [9.17, 15) is 4.39 Å². The van der Waals surface area contributed by atoms with Gasteiger partial charge in [-0.05, 0) is 54.3 Å². The molecule has 1 aromatic carbocycles. The standard InChI is InChI=1S/C15H20FN5/c1-10(11-5-3-2-4-6-11)21-15(18-19-20-21)13-9-12(17)7-8-14(13)16/h7-11H,2-6,17H2,1H3. The van der Waals surface area contributed by atoms with Crippen molar-refractivity contribution in [2.45, 2.75) is 45.1 Å². The molecule has 3 rings (SSSR count). The van der Waals surface area contributed by atoms with Crippen molar-refractivity contribution in [3.8, 4) is 11.4 Å². The van der Waals surface area contributed by atoms with Crippen molar-refractivity contribution in [2.24, 2.45) is 5.92 Å². The summed E-state index contributed by atoms with van der Waals surface area (Å²) >= 11 is 0. The number of benzene rings is 1. The van der Waals surface area contributed by atoms with E-state index in [2.05, 4.69) is 22.4 Å². The lowest BCUT2D eigenvalue weighted by Crippen LogP contribution is -2.21. The van der Waals surface area contributed by atoms with Gasteiger partial charge in [-0.15, -0.1) is 5.10 Å². The first-order chi connectivity index (χ1) is 10.2. The number of aromatic nitrogens is 4. The van der Waals surface area contributed by atoms with E-state index in [4.69, 9.17) is 5.73 Å². The van der Waals surface area contributed by atoms with E-state index in [0.717, 1.165) is 0 Å². The van der Waals surface area contributed by atoms with E-state index in [0.29, 0.717) is 23.0 Å². The van der Waals surface area contributed by atoms with Crippen molar-refractivity contribution >= 4 is 5.69 Å². The first-order valence-corrected chi connectivity index (χ1v) is 7.50. The Morgan fingerprint density at radius 3 is 2.81 bits per heavy atom. The summed E-state index contributed by atoms with van der Waals surface area (Å²) < 4.78 is 15.8. The minimum absolute atomic E-state index is 0.163. The molecule has 112 valence electrons. The minimum Gasteiger partial charge on any atom is -0.399 e. The average molecular weight is 289 g/mol. The number of hydrogen-bond donors (Lipinski definition) is 1. The van der Waals surface area contributed by atoms with Gasteiger partial charge in [-0.3, -0.25) is 0 Å². The normalized spacial score (nSPS) is 17.8. The molecule has 1 saturated carbocycles. The summed E-state index contributed by atoms with van der Waals surface area (Å²) in [4.78, 5) is 0. The highest BCUT2D eigenvalue weighted by molar-refractivity contribution is 5.61. The van der Waals surface area contributed by atoms with Gasteiger partial charge in [0.15, 0.2) is 5.82 Å². The Hall–Kier alpha value is -1.98. The summed E-state index contributed by atoms with van der Waals surface area (Å²) in [6, 6.07) is 4.65. The van der Waals surface area contributed by atoms with Crippen LogP contribution in [0.2, 0.25) is 0 Å². The number of nitrogens with two attached hydrogens (primary N) is 1. The van der Waals surface area contributed by atoms with Gasteiger partial charge in [0.05, 0.1) is 11.6 Å². The number of tetrazole rings is 1. The fourth-order valence-corrected chi connectivity index (χ4v) is 3.18. The van der Waals surface area contributed by atoms with Crippen LogP contribution in [0.15, 0.2) is 18.2 Å². The molecule has 1 aromatic heterocycles. The van der Waals surface area contributed by atoms with Gasteiger partial charge in [-0.2, -0.15) is 0 Å². The molecule has 1 aliphatic rings. The molecule has 1 unspecified atom stereocenters. The molecule has 21 heavy (non-hydrogen) atoms. The largest absolute Gasteiger partial charge is 0.399 e. The van der Waals surface area contributed by atoms with Crippen molar-refractivity contribution in [2.75, 3.05) is 5.73 Å². The summed E-state index contributed by atoms with van der Waals surface area (Å²) in [6.07, 6.45) is 6.16. The molecule has 1 fully saturated rings. The third kappa shape index (κ3) is 2.75. The molecule has 1 aliphatic carbocycles. The van der Waals surface area contributed by atoms with Gasteiger partial charge in [0.2, 0.25) is 0 Å². The predicted molar refractivity (Wildman–Crippen MR) is 78.9 cm³/mol. The Labute approximate surface area is 123 Å². The molecule has 0 spiro atoms. The van der Waals surface area contributed by atoms with Crippen molar-refractivity contribution < 1.29 is 4.39 Å². The van der Waals surface area contributed by atoms with Crippen LogP contribution in [0.1, 0.15) is 45.1 Å². The van der Waals surface area contributed by atoms with Crippen molar-refractivity contribution in [1.82, 2.24) is 20.2 Å². The molecule has 2 N–H and O–H groups in total. The maximum absolute atomic E-state index is 14.1. The highest BCUT2D eigenvalue weighted by atomic mass is 19.1. The predicted octanol–water partition coefficient (Wildman–Crippen LogP) is 3.20. The van der Waals surface area contributed by atoms with Gasteiger partial charge in [0.25, 0.3) is 0 Å². The van der Waals surface area contributed by atoms with Gasteiger partial charge in [0.1, 0.15) is 5.82 Å². The summed E-state index contributed by atoms with van der Waals surface area (Å²) in [5.41, 5.74) is 6.63. The summed E-state index contributed by atoms with van der Waals surface area (Å²) in [5, 5.41) is 11.8. The Morgan fingerprint density at radius 1 is 1.29 bits per heavy atom. The lowest BCUT2D eigenvalue weighted by atomic mass is 9.84. The quantitative estimate of drug-likeness (QED) is 0.881. The van der Waals surface area contributed by atoms with Gasteiger partial charge >= 0.3 is 0 Å². The van der Waals surface area contributed by atoms with Crippen LogP contribution in [-0.2, 0) is 0 Å². The first kappa shape index (κ1) is 14.0. The van der Waals surface area contributed by atoms with Crippen LogP contribution in [0.4, 0.5) is 10.1 Å². The number of nitrogen functional groups attached to an aromatic ring is 1. The minimum atomic E-state index is -0.351. The molecule has 0 aliphatic heterocycles. The van der Waals surface area contributed by atoms with Crippen LogP contribution < -0.4 is 5.73 Å². The SMILES string of the molecule is CC(C1CCCCC1)n1nnnc1-c1cc(N)ccc1F. The Balaban J connectivity index is 1.94. The molecule has 0 radical (unpaired) electrons. The van der Waals surface area contributed by atoms with Gasteiger partial charge in [0, 0.05) is 5.69 Å². The average Bonchev–Trinajstić information content (AvgIpc) is 2.99. The molecule has 1 atom stereocenters. The lowest BCUT2D eigenvalue weighted by molar-refractivity contribution is 0.249. The molecular formula is C15H20FN5. The Kier molecular flexibility index (Phi) is 3.86. The lowest BCUT2D eigenvalue weighted by Gasteiger charge is -2.27. The zero-order valence-electron chi connectivity index (χ0n) is 12.2. The Morgan fingerprint density at radius 2 is 2.05 bits per heavy atom. The highest BCUT2D eigenvalue weighted by Gasteiger charge is 2.25. The molecule has 5 nitrogen and oxygen atoms in total. The molecule has 1 heterocycles. The van der Waals surface area contributed by atoms with Crippen LogP contribution in [0.25, 0.3) is 11.4 Å². The second-order valence-electron chi connectivity index (χ2n) is 5.83. The Bertz CT molecular complexity index is 618. The summed E-state index contributed by atoms with van der Waals surface area (Å²) in [6.45, 7) is 2.11. The van der Waals surface area contributed by atoms with Crippen molar-refractivity contribution in [1.29, 1.82) is 0 Å². The van der Waals surface area contributed by atoms with E-state index >= 15 is 0 Å². The highest BCUT2D eigenvalue weighted by Crippen LogP contribution is 2.34. The molecule has 0 bridgehead atoms. The van der Waals surface area contributed by atoms with E-state index in [1.54, 1.807) is 10.7 Å². The third-order valence-electron chi connectivity index (χ3n) is 4.44. The zero-order chi connectivity index (χ0) is 14.8. The summed E-state index contributed by atoms with van der Waals surface area (Å²) in [7, 11) is 0. The molecule has 2 aromatic rings. The summed E-state index contributed by atoms with van der Waals surface area (Å²) in [5.74, 6) is 0.652. The number of halogens is 1. The van der Waals surface area contributed by atoms with Gasteiger partial charge in [-0.25, -0.2) is 9.07 Å². The zero-order valence-corrected chi connectivity index (χ0v) is 12.2. The van der Waals surface area contributed by atoms with E-state index in [1.807, 2.05) is 0 Å². The molecular weight excluding hydrogens is 269 g/mol. The monoisotopic (exact) mass is 289 g/mol. The van der Waals surface area contributed by atoms with Crippen LogP contribution >= 0.6 is 0 Å². The van der Waals surface area contributed by atoms with Gasteiger partial charge < -0.3 is 5.73 Å². The first-order valence-electron chi connectivity index (χ1n) is 7.50. The van der Waals surface area contributed by atoms with Crippen LogP contribution in [0.5, 0.6) is 0 Å². The molecule has 0 amide bonds. The van der Waals surface area contributed by atoms with E-state index in [1.165, 1.54) is 44.2 Å². The van der Waals surface area contributed by atoms with Crippen molar-refractivity contribution in [3.63, 3.8) is 0 Å². The molecule has 0 saturated heterocycles. The fourth-order valence-electron chi connectivity index (χ4n) is 3.18. The van der Waals surface area contributed by atoms with Crippen LogP contribution in [0, 0.1) is 11.7 Å². The number of hydrogen-bond acceptors (Lipinski definition) is 4. The fraction of sp³-hybridized carbons (Fsp3) is 0.533. The van der Waals surface area contributed by atoms with Crippen LogP contribution in [0.3, 0.4) is 0 Å². The number of anilines is 1. The maximum Gasteiger partial charge on any atom is 0.185 e. The maximum atomic E-state index is 14.1. The molecule has 6 heteroatoms. The third-order valence-corrected chi connectivity index (χ3v) is 4.44. The second kappa shape index (κ2) is 5.79. The number of nitrogens with zero attached hydrogens (tertiary/aromatic N) is 4. The van der Waals surface area contributed by atoms with Gasteiger partial charge in [-0.1, -0.05) is 19.3 Å².